The van der Waals surface area contributed by atoms with Crippen molar-refractivity contribution in [2.45, 2.75) is 58.2 Å². The molecular formula is C15H24N4O2. The molecule has 2 rings (SSSR count). The number of carbonyl (C=O) groups excluding carboxylic acids is 2. The summed E-state index contributed by atoms with van der Waals surface area (Å²) in [5.41, 5.74) is -1.59. The van der Waals surface area contributed by atoms with Gasteiger partial charge in [0.05, 0.1) is 6.33 Å². The first-order valence-corrected chi connectivity index (χ1v) is 7.41. The number of piperazine rings is 1. The van der Waals surface area contributed by atoms with Crippen LogP contribution in [0.15, 0.2) is 18.7 Å². The largest absolute Gasteiger partial charge is 0.340 e. The smallest absolute Gasteiger partial charge is 0.248 e. The van der Waals surface area contributed by atoms with Gasteiger partial charge in [0.25, 0.3) is 0 Å². The lowest BCUT2D eigenvalue weighted by Gasteiger charge is -2.49. The molecule has 1 saturated heterocycles. The molecule has 1 fully saturated rings. The van der Waals surface area contributed by atoms with Gasteiger partial charge in [-0.1, -0.05) is 6.92 Å². The number of imidazole rings is 1. The van der Waals surface area contributed by atoms with Gasteiger partial charge in [-0.2, -0.15) is 0 Å². The van der Waals surface area contributed by atoms with Crippen molar-refractivity contribution in [3.05, 3.63) is 18.7 Å². The summed E-state index contributed by atoms with van der Waals surface area (Å²) in [6.45, 7) is 8.64. The molecule has 1 aliphatic heterocycles. The van der Waals surface area contributed by atoms with Crippen molar-refractivity contribution in [1.82, 2.24) is 19.8 Å². The molecule has 1 aromatic heterocycles. The molecule has 116 valence electrons. The quantitative estimate of drug-likeness (QED) is 0.886. The summed E-state index contributed by atoms with van der Waals surface area (Å²) >= 11 is 0. The van der Waals surface area contributed by atoms with Gasteiger partial charge < -0.3 is 14.8 Å². The van der Waals surface area contributed by atoms with Gasteiger partial charge in [0.15, 0.2) is 0 Å². The van der Waals surface area contributed by atoms with Crippen LogP contribution in [0.5, 0.6) is 0 Å². The van der Waals surface area contributed by atoms with Gasteiger partial charge >= 0.3 is 0 Å². The average Bonchev–Trinajstić information content (AvgIpc) is 2.93. The molecule has 1 atom stereocenters. The lowest BCUT2D eigenvalue weighted by molar-refractivity contribution is -0.161. The molecule has 1 aromatic rings. The van der Waals surface area contributed by atoms with Crippen molar-refractivity contribution in [3.8, 4) is 0 Å². The van der Waals surface area contributed by atoms with E-state index in [1.165, 1.54) is 0 Å². The number of hydrogen-bond acceptors (Lipinski definition) is 3. The van der Waals surface area contributed by atoms with E-state index in [1.807, 2.05) is 24.6 Å². The SMILES string of the molecule is CCC1(C)C(=O)NC(C)(C)C(=O)N1CCCn1ccnc1. The fraction of sp³-hybridized carbons (Fsp3) is 0.667. The number of hydrogen-bond donors (Lipinski definition) is 1. The Bertz CT molecular complexity index is 524. The number of carbonyl (C=O) groups is 2. The van der Waals surface area contributed by atoms with Crippen LogP contribution < -0.4 is 5.32 Å². The summed E-state index contributed by atoms with van der Waals surface area (Å²) < 4.78 is 1.98. The highest BCUT2D eigenvalue weighted by Gasteiger charge is 2.51. The lowest BCUT2D eigenvalue weighted by Crippen LogP contribution is -2.73. The van der Waals surface area contributed by atoms with Crippen LogP contribution >= 0.6 is 0 Å². The van der Waals surface area contributed by atoms with E-state index in [9.17, 15) is 9.59 Å². The summed E-state index contributed by atoms with van der Waals surface area (Å²) in [5.74, 6) is -0.0886. The highest BCUT2D eigenvalue weighted by atomic mass is 16.2. The van der Waals surface area contributed by atoms with E-state index >= 15 is 0 Å². The Morgan fingerprint density at radius 2 is 1.95 bits per heavy atom. The first-order chi connectivity index (χ1) is 9.81. The molecule has 1 unspecified atom stereocenters. The standard InChI is InChI=1S/C15H24N4O2/c1-5-15(4)12(20)17-14(2,3)13(21)19(15)9-6-8-18-10-7-16-11-18/h7,10-11H,5-6,8-9H2,1-4H3,(H,17,20). The topological polar surface area (TPSA) is 67.2 Å². The van der Waals surface area contributed by atoms with Crippen LogP contribution in [0.1, 0.15) is 40.5 Å². The van der Waals surface area contributed by atoms with Crippen LogP contribution in [-0.4, -0.2) is 43.9 Å². The van der Waals surface area contributed by atoms with Gasteiger partial charge in [0.2, 0.25) is 11.8 Å². The molecule has 2 amide bonds. The molecule has 0 bridgehead atoms. The normalized spacial score (nSPS) is 25.0. The zero-order valence-corrected chi connectivity index (χ0v) is 13.2. The molecule has 0 aromatic carbocycles. The van der Waals surface area contributed by atoms with E-state index in [0.717, 1.165) is 13.0 Å². The Morgan fingerprint density at radius 3 is 2.52 bits per heavy atom. The second-order valence-corrected chi connectivity index (χ2v) is 6.32. The van der Waals surface area contributed by atoms with Gasteiger partial charge in [-0.15, -0.1) is 0 Å². The van der Waals surface area contributed by atoms with Crippen molar-refractivity contribution < 1.29 is 9.59 Å². The van der Waals surface area contributed by atoms with Crippen molar-refractivity contribution in [1.29, 1.82) is 0 Å². The highest BCUT2D eigenvalue weighted by molar-refractivity contribution is 6.01. The second-order valence-electron chi connectivity index (χ2n) is 6.32. The summed E-state index contributed by atoms with van der Waals surface area (Å²) in [6, 6.07) is 0. The summed E-state index contributed by atoms with van der Waals surface area (Å²) in [7, 11) is 0. The number of rotatable bonds is 5. The van der Waals surface area contributed by atoms with Crippen LogP contribution in [0.25, 0.3) is 0 Å². The molecule has 6 heteroatoms. The third-order valence-corrected chi connectivity index (χ3v) is 4.34. The van der Waals surface area contributed by atoms with Crippen molar-refractivity contribution in [3.63, 3.8) is 0 Å². The van der Waals surface area contributed by atoms with E-state index in [1.54, 1.807) is 31.3 Å². The number of amides is 2. The maximum Gasteiger partial charge on any atom is 0.248 e. The molecule has 2 heterocycles. The van der Waals surface area contributed by atoms with Crippen LogP contribution in [0.2, 0.25) is 0 Å². The third-order valence-electron chi connectivity index (χ3n) is 4.34. The van der Waals surface area contributed by atoms with Crippen molar-refractivity contribution in [2.24, 2.45) is 0 Å². The van der Waals surface area contributed by atoms with Crippen LogP contribution in [0, 0.1) is 0 Å². The van der Waals surface area contributed by atoms with Crippen molar-refractivity contribution >= 4 is 11.8 Å². The van der Waals surface area contributed by atoms with Gasteiger partial charge in [-0.25, -0.2) is 4.98 Å². The van der Waals surface area contributed by atoms with E-state index in [-0.39, 0.29) is 11.8 Å². The fourth-order valence-electron chi connectivity index (χ4n) is 2.69. The monoisotopic (exact) mass is 292 g/mol. The number of nitrogens with one attached hydrogen (secondary N) is 1. The molecule has 0 saturated carbocycles. The molecule has 6 nitrogen and oxygen atoms in total. The van der Waals surface area contributed by atoms with Gasteiger partial charge in [0, 0.05) is 25.5 Å². The van der Waals surface area contributed by atoms with Crippen LogP contribution in [-0.2, 0) is 16.1 Å². The van der Waals surface area contributed by atoms with E-state index in [4.69, 9.17) is 0 Å². The molecule has 0 radical (unpaired) electrons. The van der Waals surface area contributed by atoms with Gasteiger partial charge in [0.1, 0.15) is 11.1 Å². The van der Waals surface area contributed by atoms with Crippen LogP contribution in [0.3, 0.4) is 0 Å². The molecule has 1 aliphatic rings. The fourth-order valence-corrected chi connectivity index (χ4v) is 2.69. The van der Waals surface area contributed by atoms with Crippen LogP contribution in [0.4, 0.5) is 0 Å². The Labute approximate surface area is 125 Å². The molecular weight excluding hydrogens is 268 g/mol. The second kappa shape index (κ2) is 5.50. The van der Waals surface area contributed by atoms with Gasteiger partial charge in [-0.05, 0) is 33.6 Å². The zero-order valence-electron chi connectivity index (χ0n) is 13.2. The third kappa shape index (κ3) is 2.80. The number of aryl methyl sites for hydroxylation is 1. The summed E-state index contributed by atoms with van der Waals surface area (Å²) in [5, 5.41) is 2.84. The summed E-state index contributed by atoms with van der Waals surface area (Å²) in [6.07, 6.45) is 6.78. The Kier molecular flexibility index (Phi) is 4.07. The lowest BCUT2D eigenvalue weighted by atomic mass is 9.86. The number of nitrogens with zero attached hydrogens (tertiary/aromatic N) is 3. The van der Waals surface area contributed by atoms with E-state index < -0.39 is 11.1 Å². The van der Waals surface area contributed by atoms with E-state index in [0.29, 0.717) is 13.0 Å². The number of aromatic nitrogens is 2. The molecule has 0 spiro atoms. The maximum absolute atomic E-state index is 12.7. The predicted octanol–water partition coefficient (Wildman–Crippen LogP) is 1.18. The Morgan fingerprint density at radius 1 is 1.24 bits per heavy atom. The minimum atomic E-state index is -0.833. The first kappa shape index (κ1) is 15.5. The minimum absolute atomic E-state index is 0.0166. The summed E-state index contributed by atoms with van der Waals surface area (Å²) in [4.78, 5) is 30.8. The highest BCUT2D eigenvalue weighted by Crippen LogP contribution is 2.29. The average molecular weight is 292 g/mol. The molecule has 21 heavy (non-hydrogen) atoms. The van der Waals surface area contributed by atoms with E-state index in [2.05, 4.69) is 10.3 Å². The molecule has 1 N–H and O–H groups in total. The Balaban J connectivity index is 2.11. The molecule has 0 aliphatic carbocycles. The Hall–Kier alpha value is -1.85. The van der Waals surface area contributed by atoms with Gasteiger partial charge in [-0.3, -0.25) is 9.59 Å². The minimum Gasteiger partial charge on any atom is -0.340 e. The maximum atomic E-state index is 12.7. The first-order valence-electron chi connectivity index (χ1n) is 7.41. The zero-order chi connectivity index (χ0) is 15.7. The predicted molar refractivity (Wildman–Crippen MR) is 79.5 cm³/mol. The van der Waals surface area contributed by atoms with Crippen molar-refractivity contribution in [2.75, 3.05) is 6.54 Å².